The molecule has 0 spiro atoms. The van der Waals surface area contributed by atoms with Gasteiger partial charge in [-0.2, -0.15) is 13.2 Å². The van der Waals surface area contributed by atoms with Gasteiger partial charge in [0.05, 0.1) is 5.56 Å². The first-order valence-electron chi connectivity index (χ1n) is 8.66. The van der Waals surface area contributed by atoms with E-state index in [1.54, 1.807) is 4.90 Å². The molecule has 1 aromatic carbocycles. The maximum atomic E-state index is 12.5. The minimum absolute atomic E-state index is 0.105. The molecular formula is C18H23F3N2O2. The molecule has 2 fully saturated rings. The van der Waals surface area contributed by atoms with Crippen molar-refractivity contribution in [3.05, 3.63) is 35.4 Å². The van der Waals surface area contributed by atoms with E-state index < -0.39 is 17.3 Å². The average Bonchev–Trinajstić information content (AvgIpc) is 3.36. The van der Waals surface area contributed by atoms with E-state index in [0.717, 1.165) is 37.9 Å². The molecule has 1 heterocycles. The third-order valence-electron chi connectivity index (χ3n) is 4.91. The lowest BCUT2D eigenvalue weighted by Gasteiger charge is -2.38. The molecule has 1 aliphatic carbocycles. The van der Waals surface area contributed by atoms with Crippen LogP contribution in [0.3, 0.4) is 0 Å². The number of hydrogen-bond donors (Lipinski definition) is 2. The molecule has 0 unspecified atom stereocenters. The van der Waals surface area contributed by atoms with E-state index in [9.17, 15) is 23.1 Å². The molecule has 0 aromatic heterocycles. The van der Waals surface area contributed by atoms with Crippen molar-refractivity contribution in [1.29, 1.82) is 0 Å². The number of carbonyl (C=O) groups is 1. The van der Waals surface area contributed by atoms with Gasteiger partial charge in [-0.25, -0.2) is 0 Å². The van der Waals surface area contributed by atoms with Crippen LogP contribution in [0.1, 0.15) is 36.8 Å². The number of likely N-dealkylation sites (tertiary alicyclic amines) is 1. The smallest absolute Gasteiger partial charge is 0.379 e. The molecule has 2 N–H and O–H groups in total. The van der Waals surface area contributed by atoms with Crippen molar-refractivity contribution in [1.82, 2.24) is 10.2 Å². The Labute approximate surface area is 145 Å². The fraction of sp³-hybridized carbons (Fsp3) is 0.611. The van der Waals surface area contributed by atoms with Crippen molar-refractivity contribution in [2.45, 2.75) is 44.0 Å². The number of amides is 1. The Morgan fingerprint density at radius 3 is 2.52 bits per heavy atom. The summed E-state index contributed by atoms with van der Waals surface area (Å²) in [6.45, 7) is 1.82. The molecule has 25 heavy (non-hydrogen) atoms. The first-order valence-corrected chi connectivity index (χ1v) is 8.66. The monoisotopic (exact) mass is 356 g/mol. The van der Waals surface area contributed by atoms with E-state index >= 15 is 0 Å². The number of rotatable bonds is 6. The number of hydrogen-bond acceptors (Lipinski definition) is 3. The highest BCUT2D eigenvalue weighted by molar-refractivity contribution is 5.86. The molecule has 1 saturated heterocycles. The largest absolute Gasteiger partial charge is 0.416 e. The number of benzene rings is 1. The van der Waals surface area contributed by atoms with Gasteiger partial charge in [-0.1, -0.05) is 12.1 Å². The van der Waals surface area contributed by atoms with Crippen LogP contribution in [0, 0.1) is 5.92 Å². The van der Waals surface area contributed by atoms with Gasteiger partial charge >= 0.3 is 6.18 Å². The standard InChI is InChI=1S/C18H23F3N2O2/c19-18(20,21)15-6-4-13(5-7-15)10-22-12-17(25)8-1-9-23(16(17)24)11-14-2-3-14/h4-7,14,22,25H,1-3,8-12H2/t17-/m0/s1. The second-order valence-electron chi connectivity index (χ2n) is 7.13. The van der Waals surface area contributed by atoms with Gasteiger partial charge < -0.3 is 15.3 Å². The molecule has 2 aliphatic rings. The van der Waals surface area contributed by atoms with Gasteiger partial charge in [0.25, 0.3) is 5.91 Å². The number of nitrogens with zero attached hydrogens (tertiary/aromatic N) is 1. The molecule has 7 heteroatoms. The van der Waals surface area contributed by atoms with E-state index in [4.69, 9.17) is 0 Å². The summed E-state index contributed by atoms with van der Waals surface area (Å²) in [7, 11) is 0. The fourth-order valence-electron chi connectivity index (χ4n) is 3.24. The van der Waals surface area contributed by atoms with Crippen molar-refractivity contribution in [2.75, 3.05) is 19.6 Å². The molecule has 0 bridgehead atoms. The topological polar surface area (TPSA) is 52.6 Å². The summed E-state index contributed by atoms with van der Waals surface area (Å²) in [5.74, 6) is 0.344. The minimum Gasteiger partial charge on any atom is -0.379 e. The van der Waals surface area contributed by atoms with Crippen molar-refractivity contribution >= 4 is 5.91 Å². The van der Waals surface area contributed by atoms with E-state index in [1.807, 2.05) is 0 Å². The molecule has 1 atom stereocenters. The lowest BCUT2D eigenvalue weighted by molar-refractivity contribution is -0.156. The molecule has 1 amide bonds. The highest BCUT2D eigenvalue weighted by atomic mass is 19.4. The van der Waals surface area contributed by atoms with Crippen LogP contribution in [0.25, 0.3) is 0 Å². The summed E-state index contributed by atoms with van der Waals surface area (Å²) in [4.78, 5) is 14.3. The summed E-state index contributed by atoms with van der Waals surface area (Å²) in [6.07, 6.45) is -0.882. The maximum absolute atomic E-state index is 12.5. The zero-order chi connectivity index (χ0) is 18.1. The van der Waals surface area contributed by atoms with Crippen LogP contribution in [-0.4, -0.2) is 41.1 Å². The van der Waals surface area contributed by atoms with Gasteiger partial charge in [0, 0.05) is 26.2 Å². The van der Waals surface area contributed by atoms with E-state index in [0.29, 0.717) is 31.0 Å². The Kier molecular flexibility index (Phi) is 5.06. The van der Waals surface area contributed by atoms with Gasteiger partial charge in [-0.15, -0.1) is 0 Å². The van der Waals surface area contributed by atoms with E-state index in [-0.39, 0.29) is 12.5 Å². The molecule has 1 saturated carbocycles. The molecule has 3 rings (SSSR count). The highest BCUT2D eigenvalue weighted by Gasteiger charge is 2.43. The quantitative estimate of drug-likeness (QED) is 0.824. The highest BCUT2D eigenvalue weighted by Crippen LogP contribution is 2.32. The predicted molar refractivity (Wildman–Crippen MR) is 86.6 cm³/mol. The van der Waals surface area contributed by atoms with E-state index in [1.165, 1.54) is 12.1 Å². The summed E-state index contributed by atoms with van der Waals surface area (Å²) in [5, 5.41) is 13.7. The van der Waals surface area contributed by atoms with Crippen LogP contribution < -0.4 is 5.32 Å². The van der Waals surface area contributed by atoms with Crippen LogP contribution in [0.2, 0.25) is 0 Å². The number of piperidine rings is 1. The third kappa shape index (κ3) is 4.52. The van der Waals surface area contributed by atoms with Gasteiger partial charge in [-0.05, 0) is 49.3 Å². The lowest BCUT2D eigenvalue weighted by Crippen LogP contribution is -2.58. The van der Waals surface area contributed by atoms with Crippen molar-refractivity contribution < 1.29 is 23.1 Å². The van der Waals surface area contributed by atoms with Crippen LogP contribution >= 0.6 is 0 Å². The molecule has 0 radical (unpaired) electrons. The van der Waals surface area contributed by atoms with Gasteiger partial charge in [0.2, 0.25) is 0 Å². The van der Waals surface area contributed by atoms with Crippen LogP contribution in [0.5, 0.6) is 0 Å². The first kappa shape index (κ1) is 18.2. The third-order valence-corrected chi connectivity index (χ3v) is 4.91. The van der Waals surface area contributed by atoms with Gasteiger partial charge in [0.1, 0.15) is 0 Å². The zero-order valence-electron chi connectivity index (χ0n) is 14.0. The predicted octanol–water partition coefficient (Wildman–Crippen LogP) is 2.56. The Morgan fingerprint density at radius 1 is 1.24 bits per heavy atom. The van der Waals surface area contributed by atoms with Crippen molar-refractivity contribution in [3.8, 4) is 0 Å². The maximum Gasteiger partial charge on any atom is 0.416 e. The van der Waals surface area contributed by atoms with Crippen LogP contribution in [0.15, 0.2) is 24.3 Å². The molecule has 4 nitrogen and oxygen atoms in total. The van der Waals surface area contributed by atoms with Gasteiger partial charge in [0.15, 0.2) is 5.60 Å². The summed E-state index contributed by atoms with van der Waals surface area (Å²) in [5.41, 5.74) is -1.43. The number of aliphatic hydroxyl groups is 1. The van der Waals surface area contributed by atoms with E-state index in [2.05, 4.69) is 5.32 Å². The molecule has 1 aliphatic heterocycles. The number of halogens is 3. The second kappa shape index (κ2) is 6.96. The first-order chi connectivity index (χ1) is 11.8. The minimum atomic E-state index is -4.35. The molecular weight excluding hydrogens is 333 g/mol. The summed E-state index contributed by atoms with van der Waals surface area (Å²) < 4.78 is 37.6. The van der Waals surface area contributed by atoms with Crippen LogP contribution in [-0.2, 0) is 17.5 Å². The number of carbonyl (C=O) groups excluding carboxylic acids is 1. The Bertz CT molecular complexity index is 614. The second-order valence-corrected chi connectivity index (χ2v) is 7.13. The van der Waals surface area contributed by atoms with Gasteiger partial charge in [-0.3, -0.25) is 4.79 Å². The summed E-state index contributed by atoms with van der Waals surface area (Å²) in [6, 6.07) is 4.88. The lowest BCUT2D eigenvalue weighted by atomic mass is 9.91. The fourth-order valence-corrected chi connectivity index (χ4v) is 3.24. The molecule has 138 valence electrons. The summed E-state index contributed by atoms with van der Waals surface area (Å²) >= 11 is 0. The average molecular weight is 356 g/mol. The van der Waals surface area contributed by atoms with Crippen molar-refractivity contribution in [2.24, 2.45) is 5.92 Å². The van der Waals surface area contributed by atoms with Crippen molar-refractivity contribution in [3.63, 3.8) is 0 Å². The Hall–Kier alpha value is -1.60. The number of nitrogens with one attached hydrogen (secondary N) is 1. The number of alkyl halides is 3. The van der Waals surface area contributed by atoms with Crippen LogP contribution in [0.4, 0.5) is 13.2 Å². The Morgan fingerprint density at radius 2 is 1.92 bits per heavy atom. The molecule has 1 aromatic rings. The zero-order valence-corrected chi connectivity index (χ0v) is 14.0. The normalized spacial score (nSPS) is 24.6. The Balaban J connectivity index is 1.52. The SMILES string of the molecule is O=C1N(CC2CC2)CCC[C@]1(O)CNCc1ccc(C(F)(F)F)cc1.